The number of ketones is 1. The van der Waals surface area contributed by atoms with Crippen molar-refractivity contribution in [3.63, 3.8) is 0 Å². The van der Waals surface area contributed by atoms with Crippen LogP contribution in [0.4, 0.5) is 0 Å². The minimum Gasteiger partial charge on any atom is -0.338 e. The fourth-order valence-corrected chi connectivity index (χ4v) is 5.54. The van der Waals surface area contributed by atoms with Gasteiger partial charge in [-0.1, -0.05) is 6.08 Å². The third kappa shape index (κ3) is 4.14. The number of imidazole rings is 1. The lowest BCUT2D eigenvalue weighted by Gasteiger charge is -2.33. The van der Waals surface area contributed by atoms with Gasteiger partial charge in [0.2, 0.25) is 5.91 Å². The van der Waals surface area contributed by atoms with E-state index in [0.717, 1.165) is 55.6 Å². The van der Waals surface area contributed by atoms with Gasteiger partial charge in [-0.3, -0.25) is 23.4 Å². The van der Waals surface area contributed by atoms with Crippen molar-refractivity contribution in [1.82, 2.24) is 23.8 Å². The molecule has 2 aromatic rings. The number of fused-ring (bicyclic) bond motifs is 1. The molecule has 3 heterocycles. The first-order valence-electron chi connectivity index (χ1n) is 11.9. The molecule has 1 fully saturated rings. The topological polar surface area (TPSA) is 82.1 Å². The summed E-state index contributed by atoms with van der Waals surface area (Å²) in [7, 11) is 3.68. The molecular weight excluding hydrogens is 418 g/mol. The highest BCUT2D eigenvalue weighted by Gasteiger charge is 2.31. The smallest absolute Gasteiger partial charge is 0.328 e. The van der Waals surface area contributed by atoms with E-state index >= 15 is 0 Å². The Hall–Kier alpha value is -3.16. The van der Waals surface area contributed by atoms with Crippen molar-refractivity contribution in [2.24, 2.45) is 25.9 Å². The Morgan fingerprint density at radius 1 is 1.12 bits per heavy atom. The zero-order chi connectivity index (χ0) is 23.1. The lowest BCUT2D eigenvalue weighted by molar-refractivity contribution is -0.136. The quantitative estimate of drug-likeness (QED) is 0.717. The number of hydrogen-bond donors (Lipinski definition) is 0. The molecule has 33 heavy (non-hydrogen) atoms. The first-order valence-corrected chi connectivity index (χ1v) is 11.9. The molecule has 1 amide bonds. The first kappa shape index (κ1) is 21.7. The second-order valence-electron chi connectivity index (χ2n) is 9.64. The number of carbonyl (C=O) groups excluding carboxylic acids is 2. The molecule has 0 N–H and O–H groups in total. The van der Waals surface area contributed by atoms with Crippen molar-refractivity contribution in [1.29, 1.82) is 0 Å². The van der Waals surface area contributed by atoms with Gasteiger partial charge in [0.1, 0.15) is 0 Å². The van der Waals surface area contributed by atoms with Gasteiger partial charge in [-0.25, -0.2) is 4.79 Å². The predicted octanol–water partition coefficient (Wildman–Crippen LogP) is 2.18. The molecule has 0 spiro atoms. The van der Waals surface area contributed by atoms with Gasteiger partial charge in [0.05, 0.1) is 24.0 Å². The van der Waals surface area contributed by atoms with E-state index in [1.54, 1.807) is 33.0 Å². The van der Waals surface area contributed by atoms with Crippen LogP contribution in [0.5, 0.6) is 0 Å². The molecule has 5 rings (SSSR count). The zero-order valence-corrected chi connectivity index (χ0v) is 19.4. The van der Waals surface area contributed by atoms with Gasteiger partial charge in [0.25, 0.3) is 0 Å². The van der Waals surface area contributed by atoms with Gasteiger partial charge in [0, 0.05) is 51.4 Å². The molecule has 8 heteroatoms. The highest BCUT2D eigenvalue weighted by Crippen LogP contribution is 2.33. The summed E-state index contributed by atoms with van der Waals surface area (Å²) in [4.78, 5) is 39.8. The van der Waals surface area contributed by atoms with E-state index in [2.05, 4.69) is 11.2 Å². The summed E-state index contributed by atoms with van der Waals surface area (Å²) in [6.07, 6.45) is 14.1. The normalized spacial score (nSPS) is 22.9. The van der Waals surface area contributed by atoms with Gasteiger partial charge in [-0.2, -0.15) is 5.10 Å². The number of rotatable bonds is 4. The molecule has 0 aromatic carbocycles. The van der Waals surface area contributed by atoms with Crippen molar-refractivity contribution in [2.45, 2.75) is 45.1 Å². The molecule has 1 saturated carbocycles. The predicted molar refractivity (Wildman–Crippen MR) is 125 cm³/mol. The van der Waals surface area contributed by atoms with Crippen LogP contribution in [0, 0.1) is 11.8 Å². The van der Waals surface area contributed by atoms with Gasteiger partial charge in [-0.05, 0) is 55.7 Å². The fourth-order valence-electron chi connectivity index (χ4n) is 5.54. The van der Waals surface area contributed by atoms with Crippen LogP contribution < -0.4 is 5.69 Å². The average molecular weight is 450 g/mol. The minimum absolute atomic E-state index is 0.0402. The van der Waals surface area contributed by atoms with Gasteiger partial charge < -0.3 is 4.90 Å². The van der Waals surface area contributed by atoms with Crippen molar-refractivity contribution < 1.29 is 9.59 Å². The zero-order valence-electron chi connectivity index (χ0n) is 19.4. The molecule has 0 atom stereocenters. The third-order valence-corrected chi connectivity index (χ3v) is 7.50. The highest BCUT2D eigenvalue weighted by atomic mass is 16.2. The first-order chi connectivity index (χ1) is 15.9. The van der Waals surface area contributed by atoms with Crippen LogP contribution in [0.2, 0.25) is 0 Å². The minimum atomic E-state index is -0.0536. The number of aryl methyl sites for hydroxylation is 1. The standard InChI is InChI=1S/C25H31N5O3/c1-27-16-20(14-26-27)18-9-11-29(12-10-18)24(32)19-5-3-17(4-6-19)15-30-23-13-21(31)7-8-22(23)28(2)25(30)33/h7-9,14,16-17,19H,3-6,10-13,15H2,1-2H3. The average Bonchev–Trinajstić information content (AvgIpc) is 3.36. The van der Waals surface area contributed by atoms with Crippen molar-refractivity contribution in [3.05, 3.63) is 52.0 Å². The Bertz CT molecular complexity index is 1200. The molecule has 0 radical (unpaired) electrons. The van der Waals surface area contributed by atoms with E-state index in [4.69, 9.17) is 0 Å². The van der Waals surface area contributed by atoms with Crippen molar-refractivity contribution in [2.75, 3.05) is 13.1 Å². The Morgan fingerprint density at radius 3 is 2.58 bits per heavy atom. The van der Waals surface area contributed by atoms with E-state index in [0.29, 0.717) is 25.4 Å². The van der Waals surface area contributed by atoms with Crippen LogP contribution in [0.15, 0.2) is 29.3 Å². The van der Waals surface area contributed by atoms with Crippen LogP contribution >= 0.6 is 0 Å². The number of amides is 1. The molecule has 2 aliphatic carbocycles. The largest absolute Gasteiger partial charge is 0.338 e. The van der Waals surface area contributed by atoms with Gasteiger partial charge in [-0.15, -0.1) is 0 Å². The third-order valence-electron chi connectivity index (χ3n) is 7.50. The molecule has 0 saturated heterocycles. The molecule has 174 valence electrons. The van der Waals surface area contributed by atoms with Crippen LogP contribution in [-0.4, -0.2) is 48.6 Å². The fraction of sp³-hybridized carbons (Fsp3) is 0.520. The van der Waals surface area contributed by atoms with Crippen LogP contribution in [0.3, 0.4) is 0 Å². The molecule has 2 aromatic heterocycles. The van der Waals surface area contributed by atoms with Gasteiger partial charge >= 0.3 is 5.69 Å². The molecule has 0 unspecified atom stereocenters. The summed E-state index contributed by atoms with van der Waals surface area (Å²) in [5.74, 6) is 0.733. The Balaban J connectivity index is 1.18. The van der Waals surface area contributed by atoms with E-state index in [1.807, 2.05) is 24.3 Å². The number of allylic oxidation sites excluding steroid dienone is 1. The van der Waals surface area contributed by atoms with E-state index < -0.39 is 0 Å². The summed E-state index contributed by atoms with van der Waals surface area (Å²) in [6.45, 7) is 2.05. The lowest BCUT2D eigenvalue weighted by atomic mass is 9.81. The molecular formula is C25H31N5O3. The van der Waals surface area contributed by atoms with E-state index in [9.17, 15) is 14.4 Å². The molecule has 3 aliphatic rings. The molecule has 0 bridgehead atoms. The molecule has 1 aliphatic heterocycles. The van der Waals surface area contributed by atoms with Crippen LogP contribution in [0.25, 0.3) is 11.6 Å². The Labute approximate surface area is 193 Å². The number of aromatic nitrogens is 4. The number of carbonyl (C=O) groups is 2. The maximum absolute atomic E-state index is 13.1. The summed E-state index contributed by atoms with van der Waals surface area (Å²) >= 11 is 0. The monoisotopic (exact) mass is 449 g/mol. The van der Waals surface area contributed by atoms with Crippen LogP contribution in [0.1, 0.15) is 49.1 Å². The number of hydrogen-bond acceptors (Lipinski definition) is 4. The number of nitrogens with zero attached hydrogens (tertiary/aromatic N) is 5. The van der Waals surface area contributed by atoms with Crippen molar-refractivity contribution >= 4 is 23.3 Å². The SMILES string of the molecule is Cn1cc(C2=CCN(C(=O)C3CCC(Cn4c5c(n(C)c4=O)C=CC(=O)C5)CC3)CC2)cn1. The second-order valence-corrected chi connectivity index (χ2v) is 9.64. The Morgan fingerprint density at radius 2 is 1.91 bits per heavy atom. The maximum Gasteiger partial charge on any atom is 0.328 e. The summed E-state index contributed by atoms with van der Waals surface area (Å²) in [5, 5.41) is 4.24. The van der Waals surface area contributed by atoms with Gasteiger partial charge in [0.15, 0.2) is 5.78 Å². The molecule has 8 nitrogen and oxygen atoms in total. The second kappa shape index (κ2) is 8.65. The summed E-state index contributed by atoms with van der Waals surface area (Å²) in [6, 6.07) is 0. The lowest BCUT2D eigenvalue weighted by Crippen LogP contribution is -2.40. The highest BCUT2D eigenvalue weighted by molar-refractivity contribution is 5.97. The maximum atomic E-state index is 13.1. The van der Waals surface area contributed by atoms with E-state index in [1.165, 1.54) is 5.57 Å². The summed E-state index contributed by atoms with van der Waals surface area (Å²) < 4.78 is 5.23. The van der Waals surface area contributed by atoms with Crippen LogP contribution in [-0.2, 0) is 36.6 Å². The summed E-state index contributed by atoms with van der Waals surface area (Å²) in [5.41, 5.74) is 4.02. The van der Waals surface area contributed by atoms with Crippen molar-refractivity contribution in [3.8, 4) is 0 Å². The Kier molecular flexibility index (Phi) is 5.68. The van der Waals surface area contributed by atoms with E-state index in [-0.39, 0.29) is 23.3 Å².